The third kappa shape index (κ3) is 8.14. The van der Waals surface area contributed by atoms with E-state index in [-0.39, 0.29) is 0 Å². The van der Waals surface area contributed by atoms with Gasteiger partial charge in [-0.05, 0) is 89.6 Å². The third-order valence-corrected chi connectivity index (χ3v) is 7.57. The van der Waals surface area contributed by atoms with E-state index < -0.39 is 0 Å². The van der Waals surface area contributed by atoms with Crippen molar-refractivity contribution in [2.45, 2.75) is 78.7 Å². The number of benzene rings is 1. The Bertz CT molecular complexity index is 897. The summed E-state index contributed by atoms with van der Waals surface area (Å²) in [6, 6.07) is 7.64. The first-order valence-corrected chi connectivity index (χ1v) is 13.9. The molecule has 1 atom stereocenters. The van der Waals surface area contributed by atoms with Gasteiger partial charge in [0, 0.05) is 43.0 Å². The second-order valence-electron chi connectivity index (χ2n) is 10.9. The summed E-state index contributed by atoms with van der Waals surface area (Å²) in [4.78, 5) is 5.27. The normalized spacial score (nSPS) is 18.1. The largest absolute Gasteiger partial charge is 0.389 e. The molecule has 3 rings (SSSR count). The van der Waals surface area contributed by atoms with Crippen molar-refractivity contribution in [1.29, 1.82) is 0 Å². The maximum absolute atomic E-state index is 4.46. The van der Waals surface area contributed by atoms with Gasteiger partial charge in [-0.15, -0.1) is 0 Å². The lowest BCUT2D eigenvalue weighted by molar-refractivity contribution is 0.210. The van der Waals surface area contributed by atoms with E-state index in [1.165, 1.54) is 85.1 Å². The van der Waals surface area contributed by atoms with Crippen molar-refractivity contribution in [1.82, 2.24) is 10.2 Å². The summed E-state index contributed by atoms with van der Waals surface area (Å²) in [7, 11) is 0. The first-order valence-electron chi connectivity index (χ1n) is 13.9. The number of allylic oxidation sites excluding steroid dienone is 4. The molecule has 1 unspecified atom stereocenters. The fourth-order valence-corrected chi connectivity index (χ4v) is 5.83. The van der Waals surface area contributed by atoms with Gasteiger partial charge < -0.3 is 10.2 Å². The smallest absolute Gasteiger partial charge is 0.0401 e. The zero-order valence-electron chi connectivity index (χ0n) is 22.9. The topological polar surface area (TPSA) is 18.5 Å². The van der Waals surface area contributed by atoms with Crippen LogP contribution < -0.4 is 10.2 Å². The molecule has 3 heteroatoms. The van der Waals surface area contributed by atoms with Crippen LogP contribution in [0.3, 0.4) is 0 Å². The number of nitrogens with zero attached hydrogens (tertiary/aromatic N) is 2. The molecule has 2 aliphatic rings. The second-order valence-corrected chi connectivity index (χ2v) is 10.9. The molecule has 3 nitrogen and oxygen atoms in total. The first-order chi connectivity index (χ1) is 16.9. The van der Waals surface area contributed by atoms with Gasteiger partial charge in [0.25, 0.3) is 0 Å². The highest BCUT2D eigenvalue weighted by molar-refractivity contribution is 5.57. The number of nitrogens with one attached hydrogen (secondary N) is 1. The quantitative estimate of drug-likeness (QED) is 0.322. The lowest BCUT2D eigenvalue weighted by Gasteiger charge is -2.39. The predicted octanol–water partition coefficient (Wildman–Crippen LogP) is 7.20. The van der Waals surface area contributed by atoms with Crippen LogP contribution in [0, 0.1) is 12.8 Å². The Labute approximate surface area is 215 Å². The Morgan fingerprint density at radius 2 is 1.94 bits per heavy atom. The van der Waals surface area contributed by atoms with Crippen LogP contribution in [0.25, 0.3) is 0 Å². The zero-order valence-corrected chi connectivity index (χ0v) is 22.9. The SMILES string of the molecule is C=C/C=C(\C=C(C)C)CN1CCC(C(=C)NCCC(CCC)N2CCCc3cc(C)ccc32)CC1. The summed E-state index contributed by atoms with van der Waals surface area (Å²) in [5, 5.41) is 3.74. The molecule has 1 saturated heterocycles. The van der Waals surface area contributed by atoms with E-state index in [1.54, 1.807) is 0 Å². The molecule has 2 aliphatic heterocycles. The van der Waals surface area contributed by atoms with E-state index in [4.69, 9.17) is 0 Å². The number of piperidine rings is 1. The summed E-state index contributed by atoms with van der Waals surface area (Å²) in [5.41, 5.74) is 8.34. The van der Waals surface area contributed by atoms with Crippen LogP contribution in [0.4, 0.5) is 5.69 Å². The minimum Gasteiger partial charge on any atom is -0.389 e. The molecule has 1 N–H and O–H groups in total. The number of anilines is 1. The van der Waals surface area contributed by atoms with Crippen LogP contribution in [0.5, 0.6) is 0 Å². The summed E-state index contributed by atoms with van der Waals surface area (Å²) in [6.07, 6.45) is 14.9. The van der Waals surface area contributed by atoms with E-state index in [0.717, 1.165) is 26.2 Å². The van der Waals surface area contributed by atoms with Crippen LogP contribution in [0.1, 0.15) is 70.4 Å². The minimum atomic E-state index is 0.588. The average Bonchev–Trinajstić information content (AvgIpc) is 2.83. The van der Waals surface area contributed by atoms with E-state index in [2.05, 4.69) is 86.3 Å². The number of hydrogen-bond donors (Lipinski definition) is 1. The summed E-state index contributed by atoms with van der Waals surface area (Å²) in [5.74, 6) is 0.588. The Kier molecular flexibility index (Phi) is 10.7. The molecule has 1 aromatic rings. The highest BCUT2D eigenvalue weighted by atomic mass is 15.2. The predicted molar refractivity (Wildman–Crippen MR) is 154 cm³/mol. The number of rotatable bonds is 12. The molecule has 0 spiro atoms. The van der Waals surface area contributed by atoms with Gasteiger partial charge >= 0.3 is 0 Å². The van der Waals surface area contributed by atoms with Gasteiger partial charge in [0.1, 0.15) is 0 Å². The molecule has 2 heterocycles. The van der Waals surface area contributed by atoms with Crippen molar-refractivity contribution in [2.75, 3.05) is 37.6 Å². The monoisotopic (exact) mass is 475 g/mol. The van der Waals surface area contributed by atoms with E-state index in [1.807, 2.05) is 6.08 Å². The van der Waals surface area contributed by atoms with E-state index in [9.17, 15) is 0 Å². The highest BCUT2D eigenvalue weighted by Gasteiger charge is 2.25. The zero-order chi connectivity index (χ0) is 25.2. The minimum absolute atomic E-state index is 0.588. The van der Waals surface area contributed by atoms with Gasteiger partial charge in [0.15, 0.2) is 0 Å². The van der Waals surface area contributed by atoms with Crippen molar-refractivity contribution in [2.24, 2.45) is 5.92 Å². The van der Waals surface area contributed by atoms with Crippen molar-refractivity contribution < 1.29 is 0 Å². The number of fused-ring (bicyclic) bond motifs is 1. The Hall–Kier alpha value is -2.26. The van der Waals surface area contributed by atoms with Gasteiger partial charge in [-0.1, -0.05) is 68.0 Å². The number of hydrogen-bond acceptors (Lipinski definition) is 3. The standard InChI is InChI=1S/C32H49N3/c1-7-10-28(22-25(3)4)24-34-20-16-29(17-21-34)27(6)33-18-15-31(11-8-2)35-19-9-12-30-23-26(5)13-14-32(30)35/h7,10,13-14,22-23,29,31,33H,1,6,8-9,11-12,15-21,24H2,2-5H3/b28-10+. The fourth-order valence-electron chi connectivity index (χ4n) is 5.83. The maximum atomic E-state index is 4.46. The van der Waals surface area contributed by atoms with Crippen LogP contribution in [0.15, 0.2) is 66.4 Å². The van der Waals surface area contributed by atoms with Crippen molar-refractivity contribution >= 4 is 5.69 Å². The van der Waals surface area contributed by atoms with Gasteiger partial charge in [-0.2, -0.15) is 0 Å². The molecule has 1 fully saturated rings. The highest BCUT2D eigenvalue weighted by Crippen LogP contribution is 2.31. The number of aryl methyl sites for hydroxylation is 2. The lowest BCUT2D eigenvalue weighted by atomic mass is 9.93. The maximum Gasteiger partial charge on any atom is 0.0401 e. The molecule has 35 heavy (non-hydrogen) atoms. The molecule has 0 bridgehead atoms. The van der Waals surface area contributed by atoms with Crippen LogP contribution in [0.2, 0.25) is 0 Å². The third-order valence-electron chi connectivity index (χ3n) is 7.57. The van der Waals surface area contributed by atoms with Crippen LogP contribution in [-0.4, -0.2) is 43.7 Å². The Morgan fingerprint density at radius 3 is 2.63 bits per heavy atom. The Morgan fingerprint density at radius 1 is 1.17 bits per heavy atom. The van der Waals surface area contributed by atoms with Gasteiger partial charge in [0.05, 0.1) is 0 Å². The van der Waals surface area contributed by atoms with Crippen LogP contribution >= 0.6 is 0 Å². The molecule has 192 valence electrons. The van der Waals surface area contributed by atoms with Crippen LogP contribution in [-0.2, 0) is 6.42 Å². The van der Waals surface area contributed by atoms with Gasteiger partial charge in [-0.25, -0.2) is 0 Å². The lowest BCUT2D eigenvalue weighted by Crippen LogP contribution is -2.41. The van der Waals surface area contributed by atoms with E-state index >= 15 is 0 Å². The van der Waals surface area contributed by atoms with Gasteiger partial charge in [0.2, 0.25) is 0 Å². The van der Waals surface area contributed by atoms with Crippen molar-refractivity contribution in [3.8, 4) is 0 Å². The molecular weight excluding hydrogens is 426 g/mol. The molecule has 1 aromatic carbocycles. The van der Waals surface area contributed by atoms with Crippen molar-refractivity contribution in [3.63, 3.8) is 0 Å². The average molecular weight is 476 g/mol. The molecule has 0 aromatic heterocycles. The summed E-state index contributed by atoms with van der Waals surface area (Å²) >= 11 is 0. The molecular formula is C32H49N3. The van der Waals surface area contributed by atoms with E-state index in [0.29, 0.717) is 12.0 Å². The molecule has 0 saturated carbocycles. The second kappa shape index (κ2) is 13.7. The fraction of sp³-hybridized carbons (Fsp3) is 0.562. The molecule has 0 radical (unpaired) electrons. The summed E-state index contributed by atoms with van der Waals surface area (Å²) < 4.78 is 0. The van der Waals surface area contributed by atoms with Gasteiger partial charge in [-0.3, -0.25) is 4.90 Å². The summed E-state index contributed by atoms with van der Waals surface area (Å²) in [6.45, 7) is 22.7. The molecule has 0 amide bonds. The first kappa shape index (κ1) is 27.3. The van der Waals surface area contributed by atoms with Crippen molar-refractivity contribution in [3.05, 3.63) is 77.6 Å². The number of likely N-dealkylation sites (tertiary alicyclic amines) is 1. The molecule has 0 aliphatic carbocycles. The Balaban J connectivity index is 1.48.